The van der Waals surface area contributed by atoms with E-state index in [1.54, 1.807) is 23.6 Å². The standard InChI is InChI=1S/C18H18FN5O2S/c1-11(2)16(23-17(25)15-4-3-7-27-15)18(26)22-12-5-6-14(13(19)8-12)24-10-20-9-21-24/h3-11,16H,1-2H3,(H,22,26)(H,23,25). The second-order valence-corrected chi connectivity index (χ2v) is 7.12. The molecule has 0 fully saturated rings. The summed E-state index contributed by atoms with van der Waals surface area (Å²) >= 11 is 1.30. The Morgan fingerprint density at radius 2 is 2.07 bits per heavy atom. The van der Waals surface area contributed by atoms with Gasteiger partial charge in [0.1, 0.15) is 24.4 Å². The van der Waals surface area contributed by atoms with E-state index in [9.17, 15) is 14.0 Å². The SMILES string of the molecule is CC(C)C(NC(=O)c1cccs1)C(=O)Nc1ccc(-n2cncn2)c(F)c1. The van der Waals surface area contributed by atoms with Gasteiger partial charge in [0.15, 0.2) is 5.82 Å². The lowest BCUT2D eigenvalue weighted by molar-refractivity contribution is -0.118. The van der Waals surface area contributed by atoms with Gasteiger partial charge in [0.05, 0.1) is 4.88 Å². The van der Waals surface area contributed by atoms with Crippen LogP contribution in [0, 0.1) is 11.7 Å². The van der Waals surface area contributed by atoms with Gasteiger partial charge >= 0.3 is 0 Å². The highest BCUT2D eigenvalue weighted by Crippen LogP contribution is 2.18. The monoisotopic (exact) mass is 387 g/mol. The third-order valence-electron chi connectivity index (χ3n) is 3.86. The molecule has 0 aliphatic heterocycles. The van der Waals surface area contributed by atoms with Crippen molar-refractivity contribution in [2.45, 2.75) is 19.9 Å². The molecule has 0 spiro atoms. The summed E-state index contributed by atoms with van der Waals surface area (Å²) in [4.78, 5) is 29.2. The Labute approximate surface area is 159 Å². The molecule has 3 aromatic rings. The molecule has 140 valence electrons. The van der Waals surface area contributed by atoms with E-state index < -0.39 is 17.8 Å². The number of halogens is 1. The lowest BCUT2D eigenvalue weighted by Crippen LogP contribution is -2.46. The van der Waals surface area contributed by atoms with Crippen molar-refractivity contribution >= 4 is 28.8 Å². The van der Waals surface area contributed by atoms with Crippen molar-refractivity contribution < 1.29 is 14.0 Å². The van der Waals surface area contributed by atoms with E-state index in [-0.39, 0.29) is 23.2 Å². The smallest absolute Gasteiger partial charge is 0.262 e. The van der Waals surface area contributed by atoms with Gasteiger partial charge in [-0.15, -0.1) is 11.3 Å². The predicted octanol–water partition coefficient (Wildman–Crippen LogP) is 2.86. The first-order chi connectivity index (χ1) is 13.0. The van der Waals surface area contributed by atoms with Crippen molar-refractivity contribution in [2.24, 2.45) is 5.92 Å². The number of thiophene rings is 1. The fraction of sp³-hybridized carbons (Fsp3) is 0.222. The van der Waals surface area contributed by atoms with Crippen LogP contribution >= 0.6 is 11.3 Å². The summed E-state index contributed by atoms with van der Waals surface area (Å²) in [5, 5.41) is 11.1. The van der Waals surface area contributed by atoms with Crippen LogP contribution in [0.15, 0.2) is 48.4 Å². The molecule has 1 aromatic carbocycles. The van der Waals surface area contributed by atoms with Crippen LogP contribution in [0.5, 0.6) is 0 Å². The number of anilines is 1. The fourth-order valence-corrected chi connectivity index (χ4v) is 3.11. The molecule has 2 N–H and O–H groups in total. The zero-order valence-electron chi connectivity index (χ0n) is 14.7. The quantitative estimate of drug-likeness (QED) is 0.681. The molecule has 9 heteroatoms. The van der Waals surface area contributed by atoms with Crippen molar-refractivity contribution in [3.63, 3.8) is 0 Å². The first-order valence-corrected chi connectivity index (χ1v) is 9.13. The molecule has 0 aliphatic rings. The van der Waals surface area contributed by atoms with Crippen LogP contribution in [0.4, 0.5) is 10.1 Å². The average Bonchev–Trinajstić information content (AvgIpc) is 3.32. The van der Waals surface area contributed by atoms with Crippen LogP contribution in [0.25, 0.3) is 5.69 Å². The van der Waals surface area contributed by atoms with Gasteiger partial charge in [-0.05, 0) is 35.6 Å². The minimum Gasteiger partial charge on any atom is -0.339 e. The predicted molar refractivity (Wildman–Crippen MR) is 100 cm³/mol. The number of hydrogen-bond donors (Lipinski definition) is 2. The van der Waals surface area contributed by atoms with Crippen LogP contribution in [0.2, 0.25) is 0 Å². The molecular weight excluding hydrogens is 369 g/mol. The van der Waals surface area contributed by atoms with Crippen LogP contribution in [0.3, 0.4) is 0 Å². The van der Waals surface area contributed by atoms with Crippen molar-refractivity contribution in [3.8, 4) is 5.69 Å². The number of aromatic nitrogens is 3. The first kappa shape index (κ1) is 18.7. The van der Waals surface area contributed by atoms with Crippen molar-refractivity contribution in [2.75, 3.05) is 5.32 Å². The molecule has 0 radical (unpaired) electrons. The van der Waals surface area contributed by atoms with E-state index in [2.05, 4.69) is 20.7 Å². The number of nitrogens with zero attached hydrogens (tertiary/aromatic N) is 3. The van der Waals surface area contributed by atoms with Crippen molar-refractivity contribution in [3.05, 3.63) is 59.1 Å². The lowest BCUT2D eigenvalue weighted by atomic mass is 10.0. The average molecular weight is 387 g/mol. The van der Waals surface area contributed by atoms with E-state index in [4.69, 9.17) is 0 Å². The maximum atomic E-state index is 14.3. The van der Waals surface area contributed by atoms with Gasteiger partial charge in [-0.2, -0.15) is 5.10 Å². The van der Waals surface area contributed by atoms with Crippen molar-refractivity contribution in [1.29, 1.82) is 0 Å². The largest absolute Gasteiger partial charge is 0.339 e. The van der Waals surface area contributed by atoms with Gasteiger partial charge in [0.25, 0.3) is 5.91 Å². The molecule has 2 heterocycles. The number of nitrogens with one attached hydrogen (secondary N) is 2. The van der Waals surface area contributed by atoms with Gasteiger partial charge in [-0.25, -0.2) is 14.1 Å². The zero-order valence-corrected chi connectivity index (χ0v) is 15.5. The molecule has 1 unspecified atom stereocenters. The molecular formula is C18H18FN5O2S. The molecule has 7 nitrogen and oxygen atoms in total. The van der Waals surface area contributed by atoms with E-state index in [0.717, 1.165) is 0 Å². The van der Waals surface area contributed by atoms with Gasteiger partial charge in [0, 0.05) is 5.69 Å². The third-order valence-corrected chi connectivity index (χ3v) is 4.73. The number of hydrogen-bond acceptors (Lipinski definition) is 5. The number of rotatable bonds is 6. The third kappa shape index (κ3) is 4.37. The van der Waals surface area contributed by atoms with Crippen molar-refractivity contribution in [1.82, 2.24) is 20.1 Å². The van der Waals surface area contributed by atoms with Gasteiger partial charge in [-0.3, -0.25) is 9.59 Å². The van der Waals surface area contributed by atoms with E-state index in [1.807, 2.05) is 13.8 Å². The number of benzene rings is 1. The Bertz CT molecular complexity index is 925. The molecule has 2 aromatic heterocycles. The topological polar surface area (TPSA) is 88.9 Å². The summed E-state index contributed by atoms with van der Waals surface area (Å²) in [7, 11) is 0. The molecule has 27 heavy (non-hydrogen) atoms. The summed E-state index contributed by atoms with van der Waals surface area (Å²) in [6.07, 6.45) is 2.68. The highest BCUT2D eigenvalue weighted by molar-refractivity contribution is 7.12. The molecule has 2 amide bonds. The van der Waals surface area contributed by atoms with Gasteiger partial charge < -0.3 is 10.6 Å². The number of carbonyl (C=O) groups is 2. The Kier molecular flexibility index (Phi) is 5.60. The second-order valence-electron chi connectivity index (χ2n) is 6.17. The zero-order chi connectivity index (χ0) is 19.4. The Morgan fingerprint density at radius 1 is 1.26 bits per heavy atom. The second kappa shape index (κ2) is 8.09. The summed E-state index contributed by atoms with van der Waals surface area (Å²) in [5.74, 6) is -1.43. The Morgan fingerprint density at radius 3 is 2.67 bits per heavy atom. The maximum Gasteiger partial charge on any atom is 0.262 e. The maximum absolute atomic E-state index is 14.3. The van der Waals surface area contributed by atoms with E-state index >= 15 is 0 Å². The molecule has 0 saturated carbocycles. The number of carbonyl (C=O) groups excluding carboxylic acids is 2. The van der Waals surface area contributed by atoms with E-state index in [1.165, 1.54) is 40.8 Å². The molecule has 0 aliphatic carbocycles. The van der Waals surface area contributed by atoms with Crippen LogP contribution < -0.4 is 10.6 Å². The molecule has 0 saturated heterocycles. The summed E-state index contributed by atoms with van der Waals surface area (Å²) in [6.45, 7) is 3.65. The minimum absolute atomic E-state index is 0.145. The highest BCUT2D eigenvalue weighted by Gasteiger charge is 2.25. The van der Waals surface area contributed by atoms with Crippen LogP contribution in [-0.2, 0) is 4.79 Å². The Hall–Kier alpha value is -3.07. The minimum atomic E-state index is -0.752. The van der Waals surface area contributed by atoms with Crippen LogP contribution in [0.1, 0.15) is 23.5 Å². The highest BCUT2D eigenvalue weighted by atomic mass is 32.1. The summed E-state index contributed by atoms with van der Waals surface area (Å²) < 4.78 is 15.6. The molecule has 0 bridgehead atoms. The Balaban J connectivity index is 1.72. The lowest BCUT2D eigenvalue weighted by Gasteiger charge is -2.21. The number of amides is 2. The molecule has 1 atom stereocenters. The first-order valence-electron chi connectivity index (χ1n) is 8.25. The van der Waals surface area contributed by atoms with Gasteiger partial charge in [-0.1, -0.05) is 19.9 Å². The normalized spacial score (nSPS) is 12.0. The summed E-state index contributed by atoms with van der Waals surface area (Å²) in [6, 6.07) is 6.97. The van der Waals surface area contributed by atoms with Gasteiger partial charge in [0.2, 0.25) is 5.91 Å². The summed E-state index contributed by atoms with van der Waals surface area (Å²) in [5.41, 5.74) is 0.509. The fourth-order valence-electron chi connectivity index (χ4n) is 2.48. The molecule has 3 rings (SSSR count). The van der Waals surface area contributed by atoms with Crippen LogP contribution in [-0.4, -0.2) is 32.6 Å². The van der Waals surface area contributed by atoms with E-state index in [0.29, 0.717) is 4.88 Å².